The molecule has 2 aromatic heterocycles. The lowest BCUT2D eigenvalue weighted by molar-refractivity contribution is 0.102. The number of hydrogen-bond donors (Lipinski definition) is 1. The van der Waals surface area contributed by atoms with E-state index < -0.39 is 11.5 Å². The third-order valence-electron chi connectivity index (χ3n) is 4.68. The molecule has 1 aromatic carbocycles. The second-order valence-electron chi connectivity index (χ2n) is 6.53. The Labute approximate surface area is 161 Å². The van der Waals surface area contributed by atoms with Crippen LogP contribution in [0.3, 0.4) is 0 Å². The second-order valence-corrected chi connectivity index (χ2v) is 6.53. The molecule has 0 fully saturated rings. The first-order chi connectivity index (χ1) is 13.5. The average Bonchev–Trinajstić information content (AvgIpc) is 3.27. The third kappa shape index (κ3) is 3.02. The van der Waals surface area contributed by atoms with Crippen molar-refractivity contribution in [3.63, 3.8) is 0 Å². The minimum absolute atomic E-state index is 0.0730. The molecule has 3 heterocycles. The fourth-order valence-corrected chi connectivity index (χ4v) is 3.21. The number of benzene rings is 1. The number of rotatable bonds is 4. The number of amides is 1. The molecule has 1 N–H and O–H groups in total. The number of carbonyl (C=O) groups is 1. The van der Waals surface area contributed by atoms with Crippen LogP contribution in [0, 0.1) is 13.8 Å². The van der Waals surface area contributed by atoms with E-state index in [0.717, 1.165) is 5.69 Å². The number of carbonyl (C=O) groups excluding carboxylic acids is 1. The van der Waals surface area contributed by atoms with Gasteiger partial charge in [0.25, 0.3) is 11.5 Å². The Kier molecular flexibility index (Phi) is 4.38. The van der Waals surface area contributed by atoms with Crippen LogP contribution in [0.25, 0.3) is 5.69 Å². The van der Waals surface area contributed by atoms with Crippen LogP contribution < -0.4 is 20.3 Å². The molecule has 28 heavy (non-hydrogen) atoms. The normalized spacial score (nSPS) is 12.2. The monoisotopic (exact) mass is 380 g/mol. The van der Waals surface area contributed by atoms with Crippen LogP contribution in [-0.2, 0) is 6.54 Å². The average molecular weight is 380 g/mol. The van der Waals surface area contributed by atoms with E-state index in [4.69, 9.17) is 9.47 Å². The van der Waals surface area contributed by atoms with E-state index in [1.54, 1.807) is 48.1 Å². The van der Waals surface area contributed by atoms with Crippen molar-refractivity contribution in [2.75, 3.05) is 12.1 Å². The van der Waals surface area contributed by atoms with Crippen molar-refractivity contribution in [1.29, 1.82) is 0 Å². The molecular formula is C20H20N4O4. The van der Waals surface area contributed by atoms with Crippen molar-refractivity contribution in [3.8, 4) is 17.2 Å². The zero-order valence-corrected chi connectivity index (χ0v) is 15.9. The van der Waals surface area contributed by atoms with Gasteiger partial charge in [0.1, 0.15) is 5.56 Å². The molecule has 1 aliphatic rings. The summed E-state index contributed by atoms with van der Waals surface area (Å²) >= 11 is 0. The maximum atomic E-state index is 13.1. The third-order valence-corrected chi connectivity index (χ3v) is 4.68. The van der Waals surface area contributed by atoms with Gasteiger partial charge in [-0.15, -0.1) is 0 Å². The van der Waals surface area contributed by atoms with Crippen LogP contribution in [0.15, 0.2) is 41.3 Å². The summed E-state index contributed by atoms with van der Waals surface area (Å²) in [6, 6.07) is 8.71. The molecule has 0 atom stereocenters. The number of aryl methyl sites for hydroxylation is 3. The first kappa shape index (κ1) is 17.8. The van der Waals surface area contributed by atoms with Crippen LogP contribution in [0.2, 0.25) is 0 Å². The Bertz CT molecular complexity index is 1130. The van der Waals surface area contributed by atoms with Gasteiger partial charge in [0, 0.05) is 30.6 Å². The smallest absolute Gasteiger partial charge is 0.268 e. The Hall–Kier alpha value is -3.55. The fraction of sp³-hybridized carbons (Fsp3) is 0.250. The van der Waals surface area contributed by atoms with Gasteiger partial charge in [-0.3, -0.25) is 18.8 Å². The van der Waals surface area contributed by atoms with Crippen LogP contribution >= 0.6 is 0 Å². The first-order valence-electron chi connectivity index (χ1n) is 8.96. The van der Waals surface area contributed by atoms with Crippen molar-refractivity contribution in [2.45, 2.75) is 27.3 Å². The highest BCUT2D eigenvalue weighted by molar-refractivity contribution is 6.04. The minimum atomic E-state index is -0.488. The molecule has 1 amide bonds. The molecule has 144 valence electrons. The molecule has 1 aliphatic heterocycles. The number of fused-ring (bicyclic) bond motifs is 1. The van der Waals surface area contributed by atoms with Crippen LogP contribution in [-0.4, -0.2) is 27.0 Å². The predicted octanol–water partition coefficient (Wildman–Crippen LogP) is 2.65. The maximum Gasteiger partial charge on any atom is 0.268 e. The van der Waals surface area contributed by atoms with Gasteiger partial charge in [-0.05, 0) is 44.5 Å². The van der Waals surface area contributed by atoms with E-state index in [2.05, 4.69) is 10.4 Å². The highest BCUT2D eigenvalue weighted by Crippen LogP contribution is 2.33. The Morgan fingerprint density at radius 3 is 2.71 bits per heavy atom. The maximum absolute atomic E-state index is 13.1. The second kappa shape index (κ2) is 6.88. The van der Waals surface area contributed by atoms with Crippen LogP contribution in [0.5, 0.6) is 11.5 Å². The van der Waals surface area contributed by atoms with Crippen LogP contribution in [0.1, 0.15) is 28.5 Å². The summed E-state index contributed by atoms with van der Waals surface area (Å²) in [5.41, 5.74) is 1.77. The highest BCUT2D eigenvalue weighted by Gasteiger charge is 2.20. The molecule has 8 heteroatoms. The van der Waals surface area contributed by atoms with Gasteiger partial charge in [0.15, 0.2) is 17.3 Å². The number of hydrogen-bond acceptors (Lipinski definition) is 5. The Morgan fingerprint density at radius 1 is 1.18 bits per heavy atom. The number of pyridine rings is 1. The molecule has 0 saturated heterocycles. The largest absolute Gasteiger partial charge is 0.454 e. The van der Waals surface area contributed by atoms with Gasteiger partial charge in [-0.1, -0.05) is 0 Å². The van der Waals surface area contributed by atoms with Gasteiger partial charge in [-0.2, -0.15) is 5.10 Å². The standard InChI is InChI=1S/C20H20N4O4/c1-4-24-13(3)9-17(22-24)21-19(25)18-12(2)7-8-23(20(18)26)14-5-6-15-16(10-14)28-11-27-15/h5-10H,4,11H2,1-3H3,(H,21,22,25). The molecular weight excluding hydrogens is 360 g/mol. The van der Waals surface area contributed by atoms with Gasteiger partial charge in [0.05, 0.1) is 5.69 Å². The van der Waals surface area contributed by atoms with Crippen molar-refractivity contribution in [3.05, 3.63) is 63.7 Å². The van der Waals surface area contributed by atoms with Gasteiger partial charge >= 0.3 is 0 Å². The number of nitrogens with one attached hydrogen (secondary N) is 1. The summed E-state index contributed by atoms with van der Waals surface area (Å²) in [4.78, 5) is 25.9. The van der Waals surface area contributed by atoms with E-state index in [1.165, 1.54) is 4.57 Å². The van der Waals surface area contributed by atoms with E-state index in [9.17, 15) is 9.59 Å². The summed E-state index contributed by atoms with van der Waals surface area (Å²) < 4.78 is 13.9. The highest BCUT2D eigenvalue weighted by atomic mass is 16.7. The molecule has 0 radical (unpaired) electrons. The zero-order chi connectivity index (χ0) is 19.8. The first-order valence-corrected chi connectivity index (χ1v) is 8.96. The Morgan fingerprint density at radius 2 is 1.96 bits per heavy atom. The van der Waals surface area contributed by atoms with Gasteiger partial charge < -0.3 is 14.8 Å². The number of ether oxygens (including phenoxy) is 2. The minimum Gasteiger partial charge on any atom is -0.454 e. The van der Waals surface area contributed by atoms with Crippen molar-refractivity contribution >= 4 is 11.7 Å². The van der Waals surface area contributed by atoms with E-state index in [1.807, 2.05) is 13.8 Å². The number of aromatic nitrogens is 3. The molecule has 0 bridgehead atoms. The van der Waals surface area contributed by atoms with Crippen molar-refractivity contribution in [1.82, 2.24) is 14.3 Å². The molecule has 8 nitrogen and oxygen atoms in total. The molecule has 4 rings (SSSR count). The zero-order valence-electron chi connectivity index (χ0n) is 15.9. The van der Waals surface area contributed by atoms with Crippen molar-refractivity contribution < 1.29 is 14.3 Å². The van der Waals surface area contributed by atoms with Gasteiger partial charge in [-0.25, -0.2) is 0 Å². The molecule has 0 saturated carbocycles. The summed E-state index contributed by atoms with van der Waals surface area (Å²) in [5.74, 6) is 1.13. The van der Waals surface area contributed by atoms with E-state index in [-0.39, 0.29) is 12.4 Å². The lowest BCUT2D eigenvalue weighted by Crippen LogP contribution is -2.29. The van der Waals surface area contributed by atoms with E-state index in [0.29, 0.717) is 35.1 Å². The number of nitrogens with zero attached hydrogens (tertiary/aromatic N) is 3. The molecule has 0 aliphatic carbocycles. The quantitative estimate of drug-likeness (QED) is 0.752. The van der Waals surface area contributed by atoms with Crippen molar-refractivity contribution in [2.24, 2.45) is 0 Å². The topological polar surface area (TPSA) is 87.4 Å². The molecule has 0 unspecified atom stereocenters. The fourth-order valence-electron chi connectivity index (χ4n) is 3.21. The summed E-state index contributed by atoms with van der Waals surface area (Å²) in [6.07, 6.45) is 1.64. The Balaban J connectivity index is 1.70. The van der Waals surface area contributed by atoms with Gasteiger partial charge in [0.2, 0.25) is 6.79 Å². The summed E-state index contributed by atoms with van der Waals surface area (Å²) in [5, 5.41) is 7.05. The van der Waals surface area contributed by atoms with E-state index >= 15 is 0 Å². The molecule has 0 spiro atoms. The summed E-state index contributed by atoms with van der Waals surface area (Å²) in [6.45, 7) is 6.46. The SMILES string of the molecule is CCn1nc(NC(=O)c2c(C)ccn(-c3ccc4c(c3)OCO4)c2=O)cc1C. The molecule has 3 aromatic rings. The van der Waals surface area contributed by atoms with Crippen LogP contribution in [0.4, 0.5) is 5.82 Å². The predicted molar refractivity (Wildman–Crippen MR) is 103 cm³/mol. The number of anilines is 1. The lowest BCUT2D eigenvalue weighted by Gasteiger charge is -2.11. The summed E-state index contributed by atoms with van der Waals surface area (Å²) in [7, 11) is 0. The lowest BCUT2D eigenvalue weighted by atomic mass is 10.1.